The number of fused-ring (bicyclic) bond motifs is 5. The van der Waals surface area contributed by atoms with Gasteiger partial charge in [-0.25, -0.2) is 0 Å². The average molecular weight is 308 g/mol. The predicted molar refractivity (Wildman–Crippen MR) is 90.2 cm³/mol. The van der Waals surface area contributed by atoms with Crippen molar-refractivity contribution in [3.8, 4) is 11.8 Å². The molecular weight excluding hydrogens is 282 g/mol. The summed E-state index contributed by atoms with van der Waals surface area (Å²) < 4.78 is 5.42. The minimum absolute atomic E-state index is 0.402. The Morgan fingerprint density at radius 1 is 1.35 bits per heavy atom. The number of hydrogen-bond acceptors (Lipinski definition) is 2. The number of rotatable bonds is 2. The molecule has 0 N–H and O–H groups in total. The van der Waals surface area contributed by atoms with Crippen LogP contribution in [0.2, 0.25) is 0 Å². The van der Waals surface area contributed by atoms with Gasteiger partial charge in [0, 0.05) is 12.5 Å². The fourth-order valence-corrected chi connectivity index (χ4v) is 6.15. The second kappa shape index (κ2) is 5.55. The van der Waals surface area contributed by atoms with Crippen LogP contribution in [0.25, 0.3) is 0 Å². The Kier molecular flexibility index (Phi) is 3.63. The molecule has 2 heteroatoms. The molecular formula is C21H26NO. The summed E-state index contributed by atoms with van der Waals surface area (Å²) in [6.45, 7) is 2.48. The van der Waals surface area contributed by atoms with E-state index < -0.39 is 0 Å². The zero-order valence-corrected chi connectivity index (χ0v) is 14.3. The van der Waals surface area contributed by atoms with E-state index in [9.17, 15) is 5.26 Å². The van der Waals surface area contributed by atoms with Gasteiger partial charge in [0.2, 0.25) is 0 Å². The fourth-order valence-electron chi connectivity index (χ4n) is 6.15. The van der Waals surface area contributed by atoms with Gasteiger partial charge in [0.15, 0.2) is 0 Å². The van der Waals surface area contributed by atoms with Crippen LogP contribution in [0, 0.1) is 40.6 Å². The van der Waals surface area contributed by atoms with Crippen LogP contribution < -0.4 is 4.74 Å². The molecule has 2 nitrogen and oxygen atoms in total. The topological polar surface area (TPSA) is 33.0 Å². The van der Waals surface area contributed by atoms with E-state index in [-0.39, 0.29) is 0 Å². The Bertz CT molecular complexity index is 646. The monoisotopic (exact) mass is 308 g/mol. The van der Waals surface area contributed by atoms with E-state index in [1.807, 2.05) is 0 Å². The van der Waals surface area contributed by atoms with Crippen molar-refractivity contribution in [2.24, 2.45) is 23.2 Å². The fraction of sp³-hybridized carbons (Fsp3) is 0.667. The van der Waals surface area contributed by atoms with Gasteiger partial charge in [-0.05, 0) is 90.9 Å². The van der Waals surface area contributed by atoms with Crippen LogP contribution in [0.3, 0.4) is 0 Å². The van der Waals surface area contributed by atoms with E-state index in [0.29, 0.717) is 17.3 Å². The van der Waals surface area contributed by atoms with E-state index >= 15 is 0 Å². The third kappa shape index (κ3) is 2.20. The lowest BCUT2D eigenvalue weighted by atomic mass is 9.54. The van der Waals surface area contributed by atoms with Crippen molar-refractivity contribution in [1.82, 2.24) is 0 Å². The van der Waals surface area contributed by atoms with Crippen LogP contribution in [0.5, 0.6) is 5.75 Å². The summed E-state index contributed by atoms with van der Waals surface area (Å²) in [5, 5.41) is 9.18. The number of aryl methyl sites for hydroxylation is 1. The predicted octanol–water partition coefficient (Wildman–Crippen LogP) is 4.88. The quantitative estimate of drug-likeness (QED) is 0.780. The number of benzene rings is 1. The lowest BCUT2D eigenvalue weighted by molar-refractivity contribution is 0.0297. The maximum absolute atomic E-state index is 9.18. The van der Waals surface area contributed by atoms with Gasteiger partial charge in [0.25, 0.3) is 0 Å². The largest absolute Gasteiger partial charge is 0.496 e. The number of nitriles is 1. The molecule has 4 rings (SSSR count). The van der Waals surface area contributed by atoms with E-state index in [1.54, 1.807) is 7.11 Å². The molecule has 0 spiro atoms. The zero-order valence-electron chi connectivity index (χ0n) is 14.3. The molecule has 0 aliphatic heterocycles. The Morgan fingerprint density at radius 2 is 2.22 bits per heavy atom. The van der Waals surface area contributed by atoms with E-state index in [4.69, 9.17) is 4.74 Å². The van der Waals surface area contributed by atoms with Gasteiger partial charge in [-0.2, -0.15) is 5.26 Å². The minimum Gasteiger partial charge on any atom is -0.496 e. The molecule has 0 saturated heterocycles. The molecule has 0 aromatic heterocycles. The molecule has 5 atom stereocenters. The van der Waals surface area contributed by atoms with Gasteiger partial charge < -0.3 is 4.74 Å². The van der Waals surface area contributed by atoms with Crippen molar-refractivity contribution in [1.29, 1.82) is 5.26 Å². The molecule has 0 heterocycles. The van der Waals surface area contributed by atoms with Gasteiger partial charge >= 0.3 is 0 Å². The molecule has 3 aliphatic carbocycles. The van der Waals surface area contributed by atoms with Crippen LogP contribution in [0.15, 0.2) is 12.1 Å². The van der Waals surface area contributed by atoms with Gasteiger partial charge in [-0.1, -0.05) is 6.92 Å². The van der Waals surface area contributed by atoms with Gasteiger partial charge in [-0.15, -0.1) is 0 Å². The van der Waals surface area contributed by atoms with Crippen molar-refractivity contribution in [3.05, 3.63) is 29.3 Å². The molecule has 1 aromatic carbocycles. The molecule has 2 fully saturated rings. The van der Waals surface area contributed by atoms with Crippen molar-refractivity contribution < 1.29 is 4.74 Å². The molecule has 0 bridgehead atoms. The first-order chi connectivity index (χ1) is 11.2. The highest BCUT2D eigenvalue weighted by Gasteiger charge is 2.54. The Hall–Kier alpha value is -1.49. The molecule has 1 aromatic rings. The molecule has 121 valence electrons. The van der Waals surface area contributed by atoms with Gasteiger partial charge in [0.1, 0.15) is 5.75 Å². The van der Waals surface area contributed by atoms with E-state index in [0.717, 1.165) is 24.0 Å². The van der Waals surface area contributed by atoms with Crippen LogP contribution in [-0.4, -0.2) is 7.11 Å². The first-order valence-corrected chi connectivity index (χ1v) is 9.13. The van der Waals surface area contributed by atoms with Crippen molar-refractivity contribution in [2.75, 3.05) is 7.11 Å². The summed E-state index contributed by atoms with van der Waals surface area (Å²) in [6, 6.07) is 10.1. The smallest absolute Gasteiger partial charge is 0.127 e. The summed E-state index contributed by atoms with van der Waals surface area (Å²) in [5.74, 6) is 3.81. The van der Waals surface area contributed by atoms with Crippen molar-refractivity contribution in [3.63, 3.8) is 0 Å². The van der Waals surface area contributed by atoms with E-state index in [1.165, 1.54) is 49.7 Å². The molecule has 23 heavy (non-hydrogen) atoms. The highest BCUT2D eigenvalue weighted by molar-refractivity contribution is 5.40. The van der Waals surface area contributed by atoms with Crippen LogP contribution >= 0.6 is 0 Å². The highest BCUT2D eigenvalue weighted by atomic mass is 16.5. The number of nitrogens with zero attached hydrogens (tertiary/aromatic N) is 1. The first-order valence-electron chi connectivity index (χ1n) is 9.13. The number of ether oxygens (including phenoxy) is 1. The Labute approximate surface area is 139 Å². The average Bonchev–Trinajstić information content (AvgIpc) is 2.91. The number of hydrogen-bond donors (Lipinski definition) is 0. The van der Waals surface area contributed by atoms with Crippen LogP contribution in [0.1, 0.15) is 62.5 Å². The molecule has 3 aliphatic rings. The Morgan fingerprint density at radius 3 is 3.00 bits per heavy atom. The lowest BCUT2D eigenvalue weighted by Crippen LogP contribution is -2.42. The van der Waals surface area contributed by atoms with Gasteiger partial charge in [0.05, 0.1) is 13.2 Å². The highest BCUT2D eigenvalue weighted by Crippen LogP contribution is 2.63. The van der Waals surface area contributed by atoms with Crippen molar-refractivity contribution in [2.45, 2.75) is 57.8 Å². The zero-order chi connectivity index (χ0) is 16.0. The maximum Gasteiger partial charge on any atom is 0.127 e. The van der Waals surface area contributed by atoms with E-state index in [2.05, 4.69) is 31.2 Å². The lowest BCUT2D eigenvalue weighted by Gasteiger charge is -2.51. The van der Waals surface area contributed by atoms with Crippen LogP contribution in [0.4, 0.5) is 0 Å². The standard InChI is InChI=1S/C21H26NO/c1-21-11-9-17-18(20(21)8-5-15(21)10-12-22)7-4-14-3-6-16(23-2)13-19(14)17/h3,13,15,17-18,20H,4-5,7-11H2,1-2H3/t15-,17+,18-,20+,21-/m1/s1. The van der Waals surface area contributed by atoms with Crippen molar-refractivity contribution >= 4 is 0 Å². The normalized spacial score (nSPS) is 38.1. The molecule has 0 unspecified atom stereocenters. The summed E-state index contributed by atoms with van der Waals surface area (Å²) in [7, 11) is 1.74. The first kappa shape index (κ1) is 15.1. The molecule has 0 amide bonds. The van der Waals surface area contributed by atoms with Gasteiger partial charge in [-0.3, -0.25) is 0 Å². The molecule has 2 saturated carbocycles. The summed E-state index contributed by atoms with van der Waals surface area (Å²) in [5.41, 5.74) is 3.42. The maximum atomic E-state index is 9.18. The summed E-state index contributed by atoms with van der Waals surface area (Å²) >= 11 is 0. The number of methoxy groups -OCH3 is 1. The third-order valence-electron chi connectivity index (χ3n) is 7.38. The van der Waals surface area contributed by atoms with Crippen LogP contribution in [-0.2, 0) is 6.42 Å². The second-order valence-corrected chi connectivity index (χ2v) is 8.08. The summed E-state index contributed by atoms with van der Waals surface area (Å²) in [6.07, 6.45) is 8.41. The minimum atomic E-state index is 0.402. The molecule has 1 radical (unpaired) electrons. The summed E-state index contributed by atoms with van der Waals surface area (Å²) in [4.78, 5) is 0. The SMILES string of the molecule is COc1[c]cc2c(c1)[C@H]1CC[C@]3(C)[C@@H](CC#N)CC[C@H]3[C@@H]1CC2. The Balaban J connectivity index is 1.66. The second-order valence-electron chi connectivity index (χ2n) is 8.08. The third-order valence-corrected chi connectivity index (χ3v) is 7.38.